The highest BCUT2D eigenvalue weighted by molar-refractivity contribution is 5.45. The zero-order valence-electron chi connectivity index (χ0n) is 8.46. The average Bonchev–Trinajstić information content (AvgIpc) is 2.27. The smallest absolute Gasteiger partial charge is 0.292 e. The summed E-state index contributed by atoms with van der Waals surface area (Å²) in [7, 11) is 2.57. The minimum Gasteiger partial charge on any atom is -0.494 e. The van der Waals surface area contributed by atoms with Gasteiger partial charge in [-0.15, -0.1) is 0 Å². The number of hydrogen-bond acceptors (Lipinski definition) is 4. The van der Waals surface area contributed by atoms with Crippen molar-refractivity contribution in [1.82, 2.24) is 4.98 Å². The Morgan fingerprint density at radius 1 is 1.27 bits per heavy atom. The van der Waals surface area contributed by atoms with E-state index in [0.717, 1.165) is 0 Å². The Balaban J connectivity index is 3.34. The maximum absolute atomic E-state index is 13.5. The summed E-state index contributed by atoms with van der Waals surface area (Å²) >= 11 is 0. The number of rotatable bonds is 4. The average molecular weight is 218 g/mol. The molecule has 0 unspecified atom stereocenters. The first-order valence-electron chi connectivity index (χ1n) is 4.21. The Bertz CT molecular complexity index is 323. The SMILES string of the molecule is COc1cncc(OC)c1C(F)(F)CN. The number of nitrogens with two attached hydrogens (primary N) is 1. The molecule has 0 amide bonds. The van der Waals surface area contributed by atoms with E-state index in [2.05, 4.69) is 4.98 Å². The Morgan fingerprint density at radius 2 is 1.73 bits per heavy atom. The highest BCUT2D eigenvalue weighted by Crippen LogP contribution is 2.39. The molecule has 0 aliphatic rings. The first-order valence-corrected chi connectivity index (χ1v) is 4.21. The van der Waals surface area contributed by atoms with Crippen molar-refractivity contribution in [3.63, 3.8) is 0 Å². The van der Waals surface area contributed by atoms with Gasteiger partial charge in [-0.25, -0.2) is 0 Å². The van der Waals surface area contributed by atoms with Crippen molar-refractivity contribution >= 4 is 0 Å². The summed E-state index contributed by atoms with van der Waals surface area (Å²) in [6.07, 6.45) is 2.39. The largest absolute Gasteiger partial charge is 0.494 e. The standard InChI is InChI=1S/C9H12F2N2O2/c1-14-6-3-13-4-7(15-2)8(6)9(10,11)5-12/h3-4H,5,12H2,1-2H3. The van der Waals surface area contributed by atoms with E-state index in [-0.39, 0.29) is 17.1 Å². The molecular formula is C9H12F2N2O2. The van der Waals surface area contributed by atoms with Crippen molar-refractivity contribution in [3.05, 3.63) is 18.0 Å². The molecule has 0 spiro atoms. The van der Waals surface area contributed by atoms with Gasteiger partial charge in [0.15, 0.2) is 0 Å². The van der Waals surface area contributed by atoms with Gasteiger partial charge in [0.05, 0.1) is 33.2 Å². The van der Waals surface area contributed by atoms with Gasteiger partial charge in [-0.05, 0) is 0 Å². The third-order valence-electron chi connectivity index (χ3n) is 1.94. The molecule has 84 valence electrons. The lowest BCUT2D eigenvalue weighted by Crippen LogP contribution is -2.26. The van der Waals surface area contributed by atoms with E-state index in [1.165, 1.54) is 26.6 Å². The molecule has 0 bridgehead atoms. The molecule has 1 aromatic rings. The summed E-state index contributed by atoms with van der Waals surface area (Å²) in [5.41, 5.74) is 4.63. The molecule has 6 heteroatoms. The van der Waals surface area contributed by atoms with E-state index in [9.17, 15) is 8.78 Å². The molecule has 0 saturated carbocycles. The van der Waals surface area contributed by atoms with Gasteiger partial charge in [-0.2, -0.15) is 8.78 Å². The predicted octanol–water partition coefficient (Wildman–Crippen LogP) is 1.15. The maximum atomic E-state index is 13.5. The summed E-state index contributed by atoms with van der Waals surface area (Å²) in [5, 5.41) is 0. The quantitative estimate of drug-likeness (QED) is 0.823. The molecule has 4 nitrogen and oxygen atoms in total. The zero-order chi connectivity index (χ0) is 11.5. The lowest BCUT2D eigenvalue weighted by molar-refractivity contribution is 0.00124. The van der Waals surface area contributed by atoms with Crippen LogP contribution in [0, 0.1) is 0 Å². The second-order valence-electron chi connectivity index (χ2n) is 2.83. The van der Waals surface area contributed by atoms with Crippen molar-refractivity contribution in [1.29, 1.82) is 0 Å². The summed E-state index contributed by atoms with van der Waals surface area (Å²) in [6, 6.07) is 0. The van der Waals surface area contributed by atoms with Gasteiger partial charge >= 0.3 is 0 Å². The van der Waals surface area contributed by atoms with Crippen LogP contribution in [0.4, 0.5) is 8.78 Å². The Labute approximate surface area is 86.0 Å². The third-order valence-corrected chi connectivity index (χ3v) is 1.94. The Kier molecular flexibility index (Phi) is 3.41. The van der Waals surface area contributed by atoms with E-state index < -0.39 is 12.5 Å². The minimum atomic E-state index is -3.19. The molecule has 0 fully saturated rings. The maximum Gasteiger partial charge on any atom is 0.292 e. The summed E-state index contributed by atoms with van der Waals surface area (Å²) in [4.78, 5) is 3.71. The van der Waals surface area contributed by atoms with Crippen LogP contribution in [-0.4, -0.2) is 25.7 Å². The van der Waals surface area contributed by atoms with Crippen LogP contribution in [0.15, 0.2) is 12.4 Å². The third kappa shape index (κ3) is 2.15. The number of pyridine rings is 1. The number of aromatic nitrogens is 1. The molecule has 1 aromatic heterocycles. The van der Waals surface area contributed by atoms with E-state index in [1.54, 1.807) is 0 Å². The van der Waals surface area contributed by atoms with Crippen molar-refractivity contribution in [2.24, 2.45) is 5.73 Å². The molecule has 0 aromatic carbocycles. The Morgan fingerprint density at radius 3 is 2.07 bits per heavy atom. The lowest BCUT2D eigenvalue weighted by atomic mass is 10.1. The highest BCUT2D eigenvalue weighted by Gasteiger charge is 2.36. The van der Waals surface area contributed by atoms with Crippen LogP contribution < -0.4 is 15.2 Å². The van der Waals surface area contributed by atoms with Crippen LogP contribution >= 0.6 is 0 Å². The fourth-order valence-corrected chi connectivity index (χ4v) is 1.20. The number of hydrogen-bond donors (Lipinski definition) is 1. The lowest BCUT2D eigenvalue weighted by Gasteiger charge is -2.19. The second-order valence-corrected chi connectivity index (χ2v) is 2.83. The van der Waals surface area contributed by atoms with E-state index in [4.69, 9.17) is 15.2 Å². The van der Waals surface area contributed by atoms with Crippen LogP contribution in [-0.2, 0) is 5.92 Å². The zero-order valence-corrected chi connectivity index (χ0v) is 8.46. The summed E-state index contributed by atoms with van der Waals surface area (Å²) in [6.45, 7) is -0.816. The van der Waals surface area contributed by atoms with Crippen LogP contribution in [0.1, 0.15) is 5.56 Å². The molecule has 0 atom stereocenters. The molecule has 0 aliphatic heterocycles. The molecule has 15 heavy (non-hydrogen) atoms. The highest BCUT2D eigenvalue weighted by atomic mass is 19.3. The van der Waals surface area contributed by atoms with Gasteiger partial charge in [0.25, 0.3) is 5.92 Å². The van der Waals surface area contributed by atoms with Gasteiger partial charge in [0.1, 0.15) is 17.1 Å². The van der Waals surface area contributed by atoms with Gasteiger partial charge in [0.2, 0.25) is 0 Å². The normalized spacial score (nSPS) is 11.3. The van der Waals surface area contributed by atoms with Crippen LogP contribution in [0.25, 0.3) is 0 Å². The van der Waals surface area contributed by atoms with Gasteiger partial charge < -0.3 is 15.2 Å². The number of nitrogens with zero attached hydrogens (tertiary/aromatic N) is 1. The van der Waals surface area contributed by atoms with Crippen molar-refractivity contribution < 1.29 is 18.3 Å². The first kappa shape index (κ1) is 11.6. The van der Waals surface area contributed by atoms with Crippen LogP contribution in [0.2, 0.25) is 0 Å². The van der Waals surface area contributed by atoms with Crippen LogP contribution in [0.3, 0.4) is 0 Å². The molecule has 0 radical (unpaired) electrons. The van der Waals surface area contributed by atoms with E-state index in [1.807, 2.05) is 0 Å². The minimum absolute atomic E-state index is 0.0372. The van der Waals surface area contributed by atoms with E-state index >= 15 is 0 Å². The van der Waals surface area contributed by atoms with Gasteiger partial charge in [0, 0.05) is 0 Å². The van der Waals surface area contributed by atoms with Gasteiger partial charge in [-0.3, -0.25) is 4.98 Å². The van der Waals surface area contributed by atoms with Crippen LogP contribution in [0.5, 0.6) is 11.5 Å². The fourth-order valence-electron chi connectivity index (χ4n) is 1.20. The molecule has 0 aliphatic carbocycles. The van der Waals surface area contributed by atoms with E-state index in [0.29, 0.717) is 0 Å². The van der Waals surface area contributed by atoms with Crippen molar-refractivity contribution in [2.45, 2.75) is 5.92 Å². The first-order chi connectivity index (χ1) is 7.06. The predicted molar refractivity (Wildman–Crippen MR) is 50.3 cm³/mol. The number of methoxy groups -OCH3 is 2. The summed E-state index contributed by atoms with van der Waals surface area (Å²) < 4.78 is 36.5. The summed E-state index contributed by atoms with van der Waals surface area (Å²) in [5.74, 6) is -3.27. The molecule has 0 saturated heterocycles. The monoisotopic (exact) mass is 218 g/mol. The van der Waals surface area contributed by atoms with Crippen molar-refractivity contribution in [3.8, 4) is 11.5 Å². The topological polar surface area (TPSA) is 57.4 Å². The molecular weight excluding hydrogens is 206 g/mol. The second kappa shape index (κ2) is 4.39. The van der Waals surface area contributed by atoms with Crippen molar-refractivity contribution in [2.75, 3.05) is 20.8 Å². The number of ether oxygens (including phenoxy) is 2. The molecule has 1 heterocycles. The fraction of sp³-hybridized carbons (Fsp3) is 0.444. The molecule has 1 rings (SSSR count). The Hall–Kier alpha value is -1.43. The number of halogens is 2. The number of alkyl halides is 2. The molecule has 2 N–H and O–H groups in total. The van der Waals surface area contributed by atoms with Gasteiger partial charge in [-0.1, -0.05) is 0 Å².